The first-order valence-electron chi connectivity index (χ1n) is 13.2. The number of benzene rings is 2. The summed E-state index contributed by atoms with van der Waals surface area (Å²) in [5.74, 6) is 1.91. The number of aliphatic imine (C=N–C) groups is 1. The molecule has 38 heavy (non-hydrogen) atoms. The number of hydrogen-bond acceptors (Lipinski definition) is 6. The molecule has 190 valence electrons. The lowest BCUT2D eigenvalue weighted by Gasteiger charge is -2.40. The number of hydrogen-bond donors (Lipinski definition) is 0. The van der Waals surface area contributed by atoms with Gasteiger partial charge in [-0.05, 0) is 72.4 Å². The average Bonchev–Trinajstić information content (AvgIpc) is 3.58. The Morgan fingerprint density at radius 2 is 1.66 bits per heavy atom. The highest BCUT2D eigenvalue weighted by Crippen LogP contribution is 2.43. The highest BCUT2D eigenvalue weighted by Gasteiger charge is 2.38. The maximum absolute atomic E-state index is 9.12. The van der Waals surface area contributed by atoms with Crippen LogP contribution in [-0.4, -0.2) is 35.9 Å². The SMILES string of the molecule is COc1ccc(C2=C(C)N=C(C3(C)CCN(c4ncnc5c4C=C(c4ccc(C#N)cc4)C5)CC3)C2)cc1. The lowest BCUT2D eigenvalue weighted by molar-refractivity contribution is 0.351. The van der Waals surface area contributed by atoms with Crippen molar-refractivity contribution < 1.29 is 4.74 Å². The van der Waals surface area contributed by atoms with Crippen LogP contribution in [0, 0.1) is 16.7 Å². The highest BCUT2D eigenvalue weighted by molar-refractivity contribution is 6.03. The van der Waals surface area contributed by atoms with E-state index in [0.29, 0.717) is 5.56 Å². The number of nitriles is 1. The Bertz CT molecular complexity index is 1520. The number of anilines is 1. The van der Waals surface area contributed by atoms with Crippen LogP contribution in [0.25, 0.3) is 17.2 Å². The van der Waals surface area contributed by atoms with Crippen LogP contribution in [0.4, 0.5) is 5.82 Å². The molecule has 1 aromatic heterocycles. The molecule has 0 bridgehead atoms. The number of methoxy groups -OCH3 is 1. The second kappa shape index (κ2) is 9.57. The molecule has 0 atom stereocenters. The fraction of sp³-hybridized carbons (Fsp3) is 0.312. The molecule has 0 unspecified atom stereocenters. The minimum atomic E-state index is 0.0751. The molecule has 6 rings (SSSR count). The topological polar surface area (TPSA) is 74.4 Å². The maximum Gasteiger partial charge on any atom is 0.139 e. The van der Waals surface area contributed by atoms with Crippen molar-refractivity contribution in [1.82, 2.24) is 9.97 Å². The van der Waals surface area contributed by atoms with E-state index in [1.54, 1.807) is 13.4 Å². The second-order valence-electron chi connectivity index (χ2n) is 10.7. The van der Waals surface area contributed by atoms with Crippen molar-refractivity contribution in [3.63, 3.8) is 0 Å². The summed E-state index contributed by atoms with van der Waals surface area (Å²) in [4.78, 5) is 16.8. The molecule has 0 radical (unpaired) electrons. The summed E-state index contributed by atoms with van der Waals surface area (Å²) in [6, 6.07) is 18.3. The van der Waals surface area contributed by atoms with Gasteiger partial charge in [-0.15, -0.1) is 0 Å². The zero-order chi connectivity index (χ0) is 26.3. The molecule has 2 aromatic carbocycles. The molecule has 0 saturated carbocycles. The molecule has 1 fully saturated rings. The number of nitrogens with zero attached hydrogens (tertiary/aromatic N) is 5. The molecule has 2 aliphatic heterocycles. The van der Waals surface area contributed by atoms with Gasteiger partial charge in [0.25, 0.3) is 0 Å². The van der Waals surface area contributed by atoms with E-state index in [1.165, 1.54) is 22.4 Å². The van der Waals surface area contributed by atoms with Crippen molar-refractivity contribution in [1.29, 1.82) is 5.26 Å². The molecule has 6 nitrogen and oxygen atoms in total. The molecule has 1 saturated heterocycles. The van der Waals surface area contributed by atoms with Gasteiger partial charge < -0.3 is 9.64 Å². The van der Waals surface area contributed by atoms with Crippen LogP contribution in [0.1, 0.15) is 61.1 Å². The van der Waals surface area contributed by atoms with E-state index in [4.69, 9.17) is 20.0 Å². The first kappa shape index (κ1) is 24.1. The first-order chi connectivity index (χ1) is 18.5. The standard InChI is InChI=1S/C32H31N5O/c1-21-27(24-8-10-26(38-3)11-9-24)18-30(36-21)32(2)12-14-37(15-13-32)31-28-16-25(17-29(28)34-20-35-31)23-6-4-22(19-33)5-7-23/h4-11,16,20H,12-15,17-18H2,1-3H3. The van der Waals surface area contributed by atoms with Crippen molar-refractivity contribution in [3.05, 3.63) is 88.5 Å². The van der Waals surface area contributed by atoms with Crippen molar-refractivity contribution in [2.45, 2.75) is 39.5 Å². The van der Waals surface area contributed by atoms with E-state index in [-0.39, 0.29) is 5.41 Å². The van der Waals surface area contributed by atoms with Gasteiger partial charge in [-0.1, -0.05) is 31.2 Å². The third-order valence-electron chi connectivity index (χ3n) is 8.39. The number of ether oxygens (including phenoxy) is 1. The lowest BCUT2D eigenvalue weighted by atomic mass is 9.74. The monoisotopic (exact) mass is 501 g/mol. The predicted molar refractivity (Wildman–Crippen MR) is 152 cm³/mol. The number of allylic oxidation sites excluding steroid dienone is 3. The summed E-state index contributed by atoms with van der Waals surface area (Å²) in [5, 5.41) is 9.12. The van der Waals surface area contributed by atoms with E-state index < -0.39 is 0 Å². The van der Waals surface area contributed by atoms with Crippen molar-refractivity contribution in [3.8, 4) is 11.8 Å². The number of aromatic nitrogens is 2. The quantitative estimate of drug-likeness (QED) is 0.408. The molecule has 3 aliphatic rings. The third-order valence-corrected chi connectivity index (χ3v) is 8.39. The Balaban J connectivity index is 1.16. The summed E-state index contributed by atoms with van der Waals surface area (Å²) in [6.45, 7) is 6.39. The Hall–Kier alpha value is -4.24. The zero-order valence-electron chi connectivity index (χ0n) is 22.2. The minimum Gasteiger partial charge on any atom is -0.497 e. The van der Waals surface area contributed by atoms with Crippen molar-refractivity contribution in [2.75, 3.05) is 25.1 Å². The van der Waals surface area contributed by atoms with Crippen LogP contribution in [0.2, 0.25) is 0 Å². The second-order valence-corrected chi connectivity index (χ2v) is 10.7. The number of rotatable bonds is 5. The van der Waals surface area contributed by atoms with E-state index >= 15 is 0 Å². The van der Waals surface area contributed by atoms with Gasteiger partial charge in [0.05, 0.1) is 24.4 Å². The lowest BCUT2D eigenvalue weighted by Crippen LogP contribution is -2.43. The number of fused-ring (bicyclic) bond motifs is 1. The smallest absolute Gasteiger partial charge is 0.139 e. The third kappa shape index (κ3) is 4.28. The maximum atomic E-state index is 9.12. The fourth-order valence-electron chi connectivity index (χ4n) is 5.87. The van der Waals surface area contributed by atoms with Gasteiger partial charge in [0, 0.05) is 48.3 Å². The number of piperidine rings is 1. The molecule has 3 aromatic rings. The summed E-state index contributed by atoms with van der Waals surface area (Å²) < 4.78 is 5.33. The average molecular weight is 502 g/mol. The summed E-state index contributed by atoms with van der Waals surface area (Å²) in [6.07, 6.45) is 7.72. The molecule has 3 heterocycles. The Labute approximate surface area is 224 Å². The van der Waals surface area contributed by atoms with Crippen LogP contribution in [-0.2, 0) is 6.42 Å². The molecule has 6 heteroatoms. The van der Waals surface area contributed by atoms with E-state index in [0.717, 1.165) is 72.9 Å². The molecular weight excluding hydrogens is 470 g/mol. The van der Waals surface area contributed by atoms with Crippen LogP contribution in [0.3, 0.4) is 0 Å². The Morgan fingerprint density at radius 3 is 2.34 bits per heavy atom. The fourth-order valence-corrected chi connectivity index (χ4v) is 5.87. The van der Waals surface area contributed by atoms with Gasteiger partial charge in [0.1, 0.15) is 17.9 Å². The van der Waals surface area contributed by atoms with Gasteiger partial charge in [0.15, 0.2) is 0 Å². The van der Waals surface area contributed by atoms with Gasteiger partial charge >= 0.3 is 0 Å². The largest absolute Gasteiger partial charge is 0.497 e. The van der Waals surface area contributed by atoms with E-state index in [1.807, 2.05) is 36.4 Å². The first-order valence-corrected chi connectivity index (χ1v) is 13.2. The van der Waals surface area contributed by atoms with Gasteiger partial charge in [0.2, 0.25) is 0 Å². The van der Waals surface area contributed by atoms with Crippen LogP contribution in [0.15, 0.2) is 65.5 Å². The van der Waals surface area contributed by atoms with Gasteiger partial charge in [-0.2, -0.15) is 5.26 Å². The summed E-state index contributed by atoms with van der Waals surface area (Å²) >= 11 is 0. The Morgan fingerprint density at radius 1 is 0.947 bits per heavy atom. The van der Waals surface area contributed by atoms with Crippen molar-refractivity contribution >= 4 is 28.8 Å². The summed E-state index contributed by atoms with van der Waals surface area (Å²) in [5.41, 5.74) is 10.3. The van der Waals surface area contributed by atoms with Crippen molar-refractivity contribution in [2.24, 2.45) is 10.4 Å². The van der Waals surface area contributed by atoms with Gasteiger partial charge in [-0.25, -0.2) is 9.97 Å². The molecule has 0 spiro atoms. The van der Waals surface area contributed by atoms with Gasteiger partial charge in [-0.3, -0.25) is 4.99 Å². The van der Waals surface area contributed by atoms with E-state index in [2.05, 4.69) is 48.0 Å². The normalized spacial score (nSPS) is 18.1. The molecule has 1 aliphatic carbocycles. The molecule has 0 amide bonds. The Kier molecular flexibility index (Phi) is 6.07. The van der Waals surface area contributed by atoms with Crippen LogP contribution < -0.4 is 9.64 Å². The van der Waals surface area contributed by atoms with Crippen LogP contribution in [0.5, 0.6) is 5.75 Å². The predicted octanol–water partition coefficient (Wildman–Crippen LogP) is 6.34. The zero-order valence-corrected chi connectivity index (χ0v) is 22.2. The van der Waals surface area contributed by atoms with Crippen LogP contribution >= 0.6 is 0 Å². The summed E-state index contributed by atoms with van der Waals surface area (Å²) in [7, 11) is 1.70. The highest BCUT2D eigenvalue weighted by atomic mass is 16.5. The molecular formula is C32H31N5O. The van der Waals surface area contributed by atoms with E-state index in [9.17, 15) is 0 Å². The minimum absolute atomic E-state index is 0.0751. The molecule has 0 N–H and O–H groups in total.